The molecule has 1 saturated heterocycles. The minimum absolute atomic E-state index is 0. The molecule has 2 unspecified atom stereocenters. The summed E-state index contributed by atoms with van der Waals surface area (Å²) < 4.78 is 15.7. The number of esters is 2. The Morgan fingerprint density at radius 2 is 1.64 bits per heavy atom. The van der Waals surface area contributed by atoms with Gasteiger partial charge < -0.3 is 14.2 Å². The van der Waals surface area contributed by atoms with Gasteiger partial charge in [0.2, 0.25) is 0 Å². The molecule has 0 N–H and O–H groups in total. The van der Waals surface area contributed by atoms with Gasteiger partial charge in [0.15, 0.2) is 0 Å². The summed E-state index contributed by atoms with van der Waals surface area (Å²) >= 11 is 0. The molecular weight excluding hydrogens is 320 g/mol. The van der Waals surface area contributed by atoms with Crippen molar-refractivity contribution in [1.82, 2.24) is 0 Å². The summed E-state index contributed by atoms with van der Waals surface area (Å²) in [5.74, 6) is -0.577. The minimum atomic E-state index is -0.720. The largest absolute Gasteiger partial charge is 0.469 e. The Bertz CT molecular complexity index is 372. The van der Waals surface area contributed by atoms with Crippen molar-refractivity contribution in [2.24, 2.45) is 10.8 Å². The van der Waals surface area contributed by atoms with Crippen LogP contribution in [0.15, 0.2) is 0 Å². The van der Waals surface area contributed by atoms with E-state index in [1.54, 1.807) is 13.8 Å². The Labute approximate surface area is 156 Å². The molecule has 1 fully saturated rings. The zero-order chi connectivity index (χ0) is 16.1. The summed E-state index contributed by atoms with van der Waals surface area (Å²) in [5, 5.41) is 0. The third-order valence-electron chi connectivity index (χ3n) is 4.27. The predicted octanol–water partition coefficient (Wildman–Crippen LogP) is 5.26. The van der Waals surface area contributed by atoms with Crippen LogP contribution < -0.4 is 0 Å². The van der Waals surface area contributed by atoms with Crippen LogP contribution in [0.4, 0.5) is 0 Å². The van der Waals surface area contributed by atoms with Crippen LogP contribution >= 0.6 is 0 Å². The lowest BCUT2D eigenvalue weighted by molar-refractivity contribution is -0.164. The summed E-state index contributed by atoms with van der Waals surface area (Å²) in [7, 11) is 1.36. The number of methoxy groups -OCH3 is 1. The quantitative estimate of drug-likeness (QED) is 0.577. The normalized spacial score (nSPS) is 18.2. The molecule has 0 aliphatic carbocycles. The Balaban J connectivity index is -0.000000551. The van der Waals surface area contributed by atoms with E-state index in [4.69, 9.17) is 14.2 Å². The lowest BCUT2D eigenvalue weighted by atomic mass is 9.72. The topological polar surface area (TPSA) is 61.8 Å². The number of carbonyl (C=O) groups excluding carboxylic acids is 2. The molecule has 5 nitrogen and oxygen atoms in total. The predicted molar refractivity (Wildman–Crippen MR) is 106 cm³/mol. The van der Waals surface area contributed by atoms with E-state index in [0.29, 0.717) is 19.4 Å². The second-order valence-electron chi connectivity index (χ2n) is 6.70. The van der Waals surface area contributed by atoms with Crippen LogP contribution in [0.25, 0.3) is 0 Å². The zero-order valence-corrected chi connectivity index (χ0v) is 13.9. The molecule has 2 atom stereocenters. The van der Waals surface area contributed by atoms with E-state index in [0.717, 1.165) is 19.4 Å². The first-order valence-electron chi connectivity index (χ1n) is 7.62. The first kappa shape index (κ1) is 31.6. The second kappa shape index (κ2) is 13.2. The van der Waals surface area contributed by atoms with Crippen molar-refractivity contribution in [2.75, 3.05) is 20.3 Å². The van der Waals surface area contributed by atoms with E-state index >= 15 is 0 Å². The molecule has 1 rings (SSSR count). The number of hydrogen-bond acceptors (Lipinski definition) is 5. The Morgan fingerprint density at radius 3 is 2.04 bits per heavy atom. The molecule has 25 heavy (non-hydrogen) atoms. The van der Waals surface area contributed by atoms with Crippen molar-refractivity contribution < 1.29 is 23.8 Å². The van der Waals surface area contributed by atoms with E-state index < -0.39 is 10.8 Å². The van der Waals surface area contributed by atoms with Crippen LogP contribution in [-0.4, -0.2) is 38.4 Å². The SMILES string of the molecule is C.C.C.C.CCC(C)(CC(C)(C)C(=O)OC)C(=O)OCC1CCCO1. The van der Waals surface area contributed by atoms with Crippen molar-refractivity contribution in [1.29, 1.82) is 0 Å². The highest BCUT2D eigenvalue weighted by molar-refractivity contribution is 5.80. The minimum Gasteiger partial charge on any atom is -0.469 e. The smallest absolute Gasteiger partial charge is 0.311 e. The first-order chi connectivity index (χ1) is 9.75. The first-order valence-corrected chi connectivity index (χ1v) is 7.62. The molecule has 0 amide bonds. The van der Waals surface area contributed by atoms with Crippen LogP contribution in [0.2, 0.25) is 0 Å². The number of ether oxygens (including phenoxy) is 3. The van der Waals surface area contributed by atoms with Gasteiger partial charge in [-0.05, 0) is 46.5 Å². The summed E-state index contributed by atoms with van der Waals surface area (Å²) in [6, 6.07) is 0. The van der Waals surface area contributed by atoms with E-state index in [2.05, 4.69) is 0 Å². The molecular formula is C20H44O5. The fraction of sp³-hybridized carbons (Fsp3) is 0.900. The molecule has 1 aliphatic heterocycles. The average molecular weight is 365 g/mol. The van der Waals surface area contributed by atoms with Crippen LogP contribution in [0.3, 0.4) is 0 Å². The number of carbonyl (C=O) groups is 2. The van der Waals surface area contributed by atoms with Gasteiger partial charge >= 0.3 is 11.9 Å². The lowest BCUT2D eigenvalue weighted by Crippen LogP contribution is -2.39. The van der Waals surface area contributed by atoms with Gasteiger partial charge in [0.25, 0.3) is 0 Å². The van der Waals surface area contributed by atoms with Crippen LogP contribution in [0, 0.1) is 10.8 Å². The van der Waals surface area contributed by atoms with Crippen molar-refractivity contribution in [3.05, 3.63) is 0 Å². The molecule has 0 aromatic rings. The van der Waals surface area contributed by atoms with Gasteiger partial charge in [0, 0.05) is 6.61 Å². The highest BCUT2D eigenvalue weighted by atomic mass is 16.6. The molecule has 154 valence electrons. The maximum Gasteiger partial charge on any atom is 0.311 e. The second-order valence-corrected chi connectivity index (χ2v) is 6.70. The lowest BCUT2D eigenvalue weighted by Gasteiger charge is -2.33. The van der Waals surface area contributed by atoms with E-state index in [-0.39, 0.29) is 47.7 Å². The van der Waals surface area contributed by atoms with Gasteiger partial charge in [-0.15, -0.1) is 0 Å². The van der Waals surface area contributed by atoms with E-state index in [1.165, 1.54) is 7.11 Å². The van der Waals surface area contributed by atoms with Crippen LogP contribution in [0.5, 0.6) is 0 Å². The fourth-order valence-electron chi connectivity index (χ4n) is 2.78. The molecule has 0 radical (unpaired) electrons. The van der Waals surface area contributed by atoms with Gasteiger partial charge in [-0.1, -0.05) is 36.6 Å². The number of hydrogen-bond donors (Lipinski definition) is 0. The summed E-state index contributed by atoms with van der Waals surface area (Å²) in [4.78, 5) is 24.2. The van der Waals surface area contributed by atoms with Crippen LogP contribution in [0.1, 0.15) is 83.1 Å². The highest BCUT2D eigenvalue weighted by Gasteiger charge is 2.42. The Hall–Kier alpha value is -1.10. The fourth-order valence-corrected chi connectivity index (χ4v) is 2.78. The zero-order valence-electron chi connectivity index (χ0n) is 13.9. The Kier molecular flexibility index (Phi) is 16.6. The monoisotopic (exact) mass is 364 g/mol. The number of rotatable bonds is 7. The average Bonchev–Trinajstić information content (AvgIpc) is 2.96. The molecule has 1 heterocycles. The summed E-state index contributed by atoms with van der Waals surface area (Å²) in [5.41, 5.74) is -1.42. The molecule has 0 aromatic carbocycles. The highest BCUT2D eigenvalue weighted by Crippen LogP contribution is 2.38. The Morgan fingerprint density at radius 1 is 1.08 bits per heavy atom. The molecule has 1 aliphatic rings. The van der Waals surface area contributed by atoms with Crippen molar-refractivity contribution in [2.45, 2.75) is 89.2 Å². The molecule has 5 heteroatoms. The van der Waals surface area contributed by atoms with Crippen molar-refractivity contribution >= 4 is 11.9 Å². The van der Waals surface area contributed by atoms with Gasteiger partial charge in [-0.2, -0.15) is 0 Å². The molecule has 0 spiro atoms. The summed E-state index contributed by atoms with van der Waals surface area (Å²) in [6.45, 7) is 8.39. The van der Waals surface area contributed by atoms with Gasteiger partial charge in [0.1, 0.15) is 6.61 Å². The molecule has 0 bridgehead atoms. The summed E-state index contributed by atoms with van der Waals surface area (Å²) in [6.07, 6.45) is 2.97. The van der Waals surface area contributed by atoms with Gasteiger partial charge in [-0.3, -0.25) is 9.59 Å². The van der Waals surface area contributed by atoms with Crippen LogP contribution in [-0.2, 0) is 23.8 Å². The molecule has 0 aromatic heterocycles. The van der Waals surface area contributed by atoms with Crippen molar-refractivity contribution in [3.8, 4) is 0 Å². The maximum absolute atomic E-state index is 12.4. The van der Waals surface area contributed by atoms with Crippen molar-refractivity contribution in [3.63, 3.8) is 0 Å². The van der Waals surface area contributed by atoms with Gasteiger partial charge in [0.05, 0.1) is 24.0 Å². The third-order valence-corrected chi connectivity index (χ3v) is 4.27. The maximum atomic E-state index is 12.4. The van der Waals surface area contributed by atoms with E-state index in [1.807, 2.05) is 13.8 Å². The van der Waals surface area contributed by atoms with E-state index in [9.17, 15) is 9.59 Å². The standard InChI is InChI=1S/C16H28O5.4CH4/c1-6-16(4,11-15(2,3)13(17)19-5)14(18)21-10-12-8-7-9-20-12;;;;/h12H,6-11H2,1-5H3;4*1H4. The molecule has 0 saturated carbocycles. The van der Waals surface area contributed by atoms with Gasteiger partial charge in [-0.25, -0.2) is 0 Å². The third kappa shape index (κ3) is 8.70.